The fourth-order valence-corrected chi connectivity index (χ4v) is 1.77. The SMILES string of the molecule is Nc1cc(Cl)ccc1Cc1cccc(F)c1. The molecule has 0 radical (unpaired) electrons. The zero-order valence-corrected chi connectivity index (χ0v) is 9.34. The average molecular weight is 236 g/mol. The molecule has 0 atom stereocenters. The van der Waals surface area contributed by atoms with Crippen molar-refractivity contribution in [2.75, 3.05) is 5.73 Å². The van der Waals surface area contributed by atoms with E-state index in [0.717, 1.165) is 11.1 Å². The largest absolute Gasteiger partial charge is 0.398 e. The monoisotopic (exact) mass is 235 g/mol. The highest BCUT2D eigenvalue weighted by molar-refractivity contribution is 6.30. The quantitative estimate of drug-likeness (QED) is 0.790. The van der Waals surface area contributed by atoms with Gasteiger partial charge < -0.3 is 5.73 Å². The molecular formula is C13H11ClFN. The summed E-state index contributed by atoms with van der Waals surface area (Å²) in [6.45, 7) is 0. The normalized spacial score (nSPS) is 10.4. The molecule has 0 fully saturated rings. The van der Waals surface area contributed by atoms with Crippen LogP contribution in [0.5, 0.6) is 0 Å². The van der Waals surface area contributed by atoms with E-state index in [1.54, 1.807) is 18.2 Å². The van der Waals surface area contributed by atoms with Crippen molar-refractivity contribution < 1.29 is 4.39 Å². The van der Waals surface area contributed by atoms with Crippen molar-refractivity contribution in [3.63, 3.8) is 0 Å². The topological polar surface area (TPSA) is 26.0 Å². The van der Waals surface area contributed by atoms with Gasteiger partial charge in [-0.15, -0.1) is 0 Å². The van der Waals surface area contributed by atoms with E-state index in [0.29, 0.717) is 17.1 Å². The standard InChI is InChI=1S/C13H11ClFN/c14-11-5-4-10(13(16)8-11)6-9-2-1-3-12(15)7-9/h1-5,7-8H,6,16H2. The lowest BCUT2D eigenvalue weighted by molar-refractivity contribution is 0.626. The highest BCUT2D eigenvalue weighted by Gasteiger charge is 2.02. The van der Waals surface area contributed by atoms with E-state index >= 15 is 0 Å². The third-order valence-electron chi connectivity index (χ3n) is 2.39. The minimum Gasteiger partial charge on any atom is -0.398 e. The second-order valence-corrected chi connectivity index (χ2v) is 4.09. The van der Waals surface area contributed by atoms with Crippen molar-refractivity contribution in [1.29, 1.82) is 0 Å². The summed E-state index contributed by atoms with van der Waals surface area (Å²) in [5, 5.41) is 0.612. The summed E-state index contributed by atoms with van der Waals surface area (Å²) < 4.78 is 13.0. The van der Waals surface area contributed by atoms with Crippen LogP contribution in [0.2, 0.25) is 5.02 Å². The van der Waals surface area contributed by atoms with E-state index in [4.69, 9.17) is 17.3 Å². The van der Waals surface area contributed by atoms with Gasteiger partial charge in [0, 0.05) is 10.7 Å². The third-order valence-corrected chi connectivity index (χ3v) is 2.63. The zero-order chi connectivity index (χ0) is 11.5. The summed E-state index contributed by atoms with van der Waals surface area (Å²) >= 11 is 5.81. The van der Waals surface area contributed by atoms with Gasteiger partial charge in [0.05, 0.1) is 0 Å². The Morgan fingerprint density at radius 2 is 1.94 bits per heavy atom. The Balaban J connectivity index is 2.27. The number of benzene rings is 2. The Morgan fingerprint density at radius 3 is 2.62 bits per heavy atom. The number of hydrogen-bond acceptors (Lipinski definition) is 1. The molecule has 0 saturated carbocycles. The van der Waals surface area contributed by atoms with E-state index in [-0.39, 0.29) is 5.82 Å². The minimum atomic E-state index is -0.231. The number of hydrogen-bond donors (Lipinski definition) is 1. The summed E-state index contributed by atoms with van der Waals surface area (Å²) in [7, 11) is 0. The Morgan fingerprint density at radius 1 is 1.12 bits per heavy atom. The van der Waals surface area contributed by atoms with Crippen LogP contribution in [-0.4, -0.2) is 0 Å². The van der Waals surface area contributed by atoms with Gasteiger partial charge in [-0.05, 0) is 41.8 Å². The molecule has 0 spiro atoms. The first-order chi connectivity index (χ1) is 7.65. The third kappa shape index (κ3) is 2.52. The van der Waals surface area contributed by atoms with Gasteiger partial charge in [-0.2, -0.15) is 0 Å². The first-order valence-corrected chi connectivity index (χ1v) is 5.31. The Labute approximate surface area is 98.7 Å². The number of halogens is 2. The maximum Gasteiger partial charge on any atom is 0.123 e. The minimum absolute atomic E-state index is 0.231. The maximum atomic E-state index is 13.0. The van der Waals surface area contributed by atoms with Crippen LogP contribution in [0.25, 0.3) is 0 Å². The van der Waals surface area contributed by atoms with Crippen molar-refractivity contribution in [2.24, 2.45) is 0 Å². The van der Waals surface area contributed by atoms with Crippen LogP contribution >= 0.6 is 11.6 Å². The number of nitrogen functional groups attached to an aromatic ring is 1. The number of nitrogens with two attached hydrogens (primary N) is 1. The molecule has 0 aromatic heterocycles. The van der Waals surface area contributed by atoms with Gasteiger partial charge in [0.2, 0.25) is 0 Å². The van der Waals surface area contributed by atoms with Crippen LogP contribution in [0.4, 0.5) is 10.1 Å². The Kier molecular flexibility index (Phi) is 3.11. The molecular weight excluding hydrogens is 225 g/mol. The van der Waals surface area contributed by atoms with Gasteiger partial charge in [0.25, 0.3) is 0 Å². The molecule has 0 aliphatic rings. The molecule has 0 unspecified atom stereocenters. The van der Waals surface area contributed by atoms with E-state index in [1.807, 2.05) is 12.1 Å². The lowest BCUT2D eigenvalue weighted by Crippen LogP contribution is -1.95. The van der Waals surface area contributed by atoms with E-state index in [1.165, 1.54) is 12.1 Å². The Hall–Kier alpha value is -1.54. The molecule has 82 valence electrons. The summed E-state index contributed by atoms with van der Waals surface area (Å²) in [6, 6.07) is 11.8. The molecule has 0 aliphatic carbocycles. The smallest absolute Gasteiger partial charge is 0.123 e. The molecule has 0 saturated heterocycles. The van der Waals surface area contributed by atoms with E-state index in [9.17, 15) is 4.39 Å². The lowest BCUT2D eigenvalue weighted by Gasteiger charge is -2.06. The highest BCUT2D eigenvalue weighted by atomic mass is 35.5. The predicted molar refractivity (Wildman–Crippen MR) is 65.1 cm³/mol. The first-order valence-electron chi connectivity index (χ1n) is 4.93. The molecule has 0 bridgehead atoms. The molecule has 2 N–H and O–H groups in total. The van der Waals surface area contributed by atoms with Crippen LogP contribution in [-0.2, 0) is 6.42 Å². The molecule has 1 nitrogen and oxygen atoms in total. The van der Waals surface area contributed by atoms with Crippen LogP contribution in [0.1, 0.15) is 11.1 Å². The van der Waals surface area contributed by atoms with Crippen molar-refractivity contribution >= 4 is 17.3 Å². The van der Waals surface area contributed by atoms with Crippen molar-refractivity contribution in [3.05, 3.63) is 64.4 Å². The average Bonchev–Trinajstić information content (AvgIpc) is 2.22. The zero-order valence-electron chi connectivity index (χ0n) is 8.58. The van der Waals surface area contributed by atoms with Crippen LogP contribution in [0, 0.1) is 5.82 Å². The fraction of sp³-hybridized carbons (Fsp3) is 0.0769. The summed E-state index contributed by atoms with van der Waals surface area (Å²) in [6.07, 6.45) is 0.612. The lowest BCUT2D eigenvalue weighted by atomic mass is 10.0. The van der Waals surface area contributed by atoms with Gasteiger partial charge in [-0.1, -0.05) is 29.8 Å². The van der Waals surface area contributed by atoms with Gasteiger partial charge in [-0.3, -0.25) is 0 Å². The molecule has 0 heterocycles. The van der Waals surface area contributed by atoms with Gasteiger partial charge in [0.1, 0.15) is 5.82 Å². The van der Waals surface area contributed by atoms with E-state index in [2.05, 4.69) is 0 Å². The highest BCUT2D eigenvalue weighted by Crippen LogP contribution is 2.21. The predicted octanol–water partition coefficient (Wildman–Crippen LogP) is 3.65. The molecule has 2 aromatic carbocycles. The summed E-state index contributed by atoms with van der Waals surface area (Å²) in [5.74, 6) is -0.231. The van der Waals surface area contributed by atoms with Crippen molar-refractivity contribution in [2.45, 2.75) is 6.42 Å². The molecule has 0 amide bonds. The first kappa shape index (κ1) is 11.0. The fourth-order valence-electron chi connectivity index (χ4n) is 1.59. The summed E-state index contributed by atoms with van der Waals surface area (Å²) in [4.78, 5) is 0. The van der Waals surface area contributed by atoms with Crippen molar-refractivity contribution in [1.82, 2.24) is 0 Å². The van der Waals surface area contributed by atoms with Gasteiger partial charge in [-0.25, -0.2) is 4.39 Å². The maximum absolute atomic E-state index is 13.0. The molecule has 2 aromatic rings. The molecule has 3 heteroatoms. The van der Waals surface area contributed by atoms with Gasteiger partial charge >= 0.3 is 0 Å². The molecule has 2 rings (SSSR count). The Bertz CT molecular complexity index is 511. The van der Waals surface area contributed by atoms with E-state index < -0.39 is 0 Å². The second-order valence-electron chi connectivity index (χ2n) is 3.65. The van der Waals surface area contributed by atoms with Crippen LogP contribution in [0.15, 0.2) is 42.5 Å². The second kappa shape index (κ2) is 4.54. The van der Waals surface area contributed by atoms with Crippen molar-refractivity contribution in [3.8, 4) is 0 Å². The summed E-state index contributed by atoms with van der Waals surface area (Å²) in [5.41, 5.74) is 8.32. The van der Waals surface area contributed by atoms with Gasteiger partial charge in [0.15, 0.2) is 0 Å². The molecule has 16 heavy (non-hydrogen) atoms. The number of anilines is 1. The number of rotatable bonds is 2. The molecule has 0 aliphatic heterocycles. The van der Waals surface area contributed by atoms with Crippen LogP contribution in [0.3, 0.4) is 0 Å². The van der Waals surface area contributed by atoms with Crippen LogP contribution < -0.4 is 5.73 Å².